The van der Waals surface area contributed by atoms with Gasteiger partial charge in [-0.25, -0.2) is 0 Å². The van der Waals surface area contributed by atoms with Gasteiger partial charge in [0.05, 0.1) is 5.92 Å². The van der Waals surface area contributed by atoms with Crippen molar-refractivity contribution in [1.82, 2.24) is 15.5 Å². The predicted molar refractivity (Wildman–Crippen MR) is 78.2 cm³/mol. The third-order valence-corrected chi connectivity index (χ3v) is 4.62. The van der Waals surface area contributed by atoms with Gasteiger partial charge in [0.15, 0.2) is 0 Å². The summed E-state index contributed by atoms with van der Waals surface area (Å²) in [5.41, 5.74) is 0. The highest BCUT2D eigenvalue weighted by molar-refractivity contribution is 5.81. The van der Waals surface area contributed by atoms with Crippen LogP contribution in [0.4, 0.5) is 0 Å². The zero-order chi connectivity index (χ0) is 14.4. The zero-order valence-corrected chi connectivity index (χ0v) is 12.5. The fourth-order valence-electron chi connectivity index (χ4n) is 3.28. The number of rotatable bonds is 4. The Morgan fingerprint density at radius 3 is 2.70 bits per heavy atom. The molecule has 1 atom stereocenters. The topological polar surface area (TPSA) is 61.4 Å². The standard InChI is InChI=1S/C15H27N3O2/c1-16-15(20)13-3-2-10-18(11-13)14(19)5-4-12-6-8-17-9-7-12/h12-13,17H,2-11H2,1H3,(H,16,20). The molecule has 2 heterocycles. The maximum atomic E-state index is 12.3. The lowest BCUT2D eigenvalue weighted by Gasteiger charge is -2.32. The number of likely N-dealkylation sites (tertiary alicyclic amines) is 1. The van der Waals surface area contributed by atoms with Crippen LogP contribution in [-0.2, 0) is 9.59 Å². The number of hydrogen-bond donors (Lipinski definition) is 2. The predicted octanol–water partition coefficient (Wildman–Crippen LogP) is 0.751. The molecule has 2 N–H and O–H groups in total. The number of carbonyl (C=O) groups excluding carboxylic acids is 2. The Balaban J connectivity index is 1.75. The first-order valence-electron chi connectivity index (χ1n) is 7.90. The third-order valence-electron chi connectivity index (χ3n) is 4.62. The third kappa shape index (κ3) is 4.20. The van der Waals surface area contributed by atoms with E-state index in [4.69, 9.17) is 0 Å². The van der Waals surface area contributed by atoms with Crippen LogP contribution in [0.5, 0.6) is 0 Å². The minimum atomic E-state index is -0.0171. The molecule has 5 heteroatoms. The summed E-state index contributed by atoms with van der Waals surface area (Å²) in [4.78, 5) is 25.9. The fourth-order valence-corrected chi connectivity index (χ4v) is 3.28. The van der Waals surface area contributed by atoms with Gasteiger partial charge in [-0.2, -0.15) is 0 Å². The van der Waals surface area contributed by atoms with Crippen molar-refractivity contribution in [3.63, 3.8) is 0 Å². The summed E-state index contributed by atoms with van der Waals surface area (Å²) in [6, 6.07) is 0. The van der Waals surface area contributed by atoms with Crippen LogP contribution >= 0.6 is 0 Å². The molecule has 1 unspecified atom stereocenters. The van der Waals surface area contributed by atoms with Crippen molar-refractivity contribution in [1.29, 1.82) is 0 Å². The van der Waals surface area contributed by atoms with E-state index in [9.17, 15) is 9.59 Å². The van der Waals surface area contributed by atoms with Gasteiger partial charge in [-0.1, -0.05) is 0 Å². The molecule has 0 saturated carbocycles. The summed E-state index contributed by atoms with van der Waals surface area (Å²) in [6.45, 7) is 3.59. The van der Waals surface area contributed by atoms with Crippen LogP contribution in [0.3, 0.4) is 0 Å². The zero-order valence-electron chi connectivity index (χ0n) is 12.5. The largest absolute Gasteiger partial charge is 0.359 e. The van der Waals surface area contributed by atoms with E-state index >= 15 is 0 Å². The van der Waals surface area contributed by atoms with Gasteiger partial charge >= 0.3 is 0 Å². The molecular weight excluding hydrogens is 254 g/mol. The normalized spacial score (nSPS) is 24.4. The molecule has 0 spiro atoms. The molecule has 5 nitrogen and oxygen atoms in total. The first-order chi connectivity index (χ1) is 9.70. The second-order valence-corrected chi connectivity index (χ2v) is 6.03. The Bertz CT molecular complexity index is 340. The van der Waals surface area contributed by atoms with Crippen LogP contribution in [0.25, 0.3) is 0 Å². The Labute approximate surface area is 121 Å². The van der Waals surface area contributed by atoms with Crippen LogP contribution in [0, 0.1) is 11.8 Å². The molecule has 0 aliphatic carbocycles. The van der Waals surface area contributed by atoms with Crippen LogP contribution in [0.2, 0.25) is 0 Å². The highest BCUT2D eigenvalue weighted by Crippen LogP contribution is 2.21. The van der Waals surface area contributed by atoms with E-state index in [0.717, 1.165) is 38.9 Å². The van der Waals surface area contributed by atoms with Gasteiger partial charge in [0, 0.05) is 26.6 Å². The van der Waals surface area contributed by atoms with Crippen LogP contribution in [0.1, 0.15) is 38.5 Å². The lowest BCUT2D eigenvalue weighted by atomic mass is 9.92. The van der Waals surface area contributed by atoms with Gasteiger partial charge in [-0.05, 0) is 51.1 Å². The Morgan fingerprint density at radius 2 is 2.00 bits per heavy atom. The summed E-state index contributed by atoms with van der Waals surface area (Å²) in [5.74, 6) is 0.981. The second-order valence-electron chi connectivity index (χ2n) is 6.03. The molecule has 2 rings (SSSR count). The molecule has 0 bridgehead atoms. The van der Waals surface area contributed by atoms with Crippen molar-refractivity contribution in [2.75, 3.05) is 33.2 Å². The maximum absolute atomic E-state index is 12.3. The lowest BCUT2D eigenvalue weighted by Crippen LogP contribution is -2.44. The van der Waals surface area contributed by atoms with Crippen molar-refractivity contribution in [3.8, 4) is 0 Å². The molecule has 2 fully saturated rings. The average Bonchev–Trinajstić information content (AvgIpc) is 2.53. The monoisotopic (exact) mass is 281 g/mol. The van der Waals surface area contributed by atoms with E-state index in [1.807, 2.05) is 4.90 Å². The summed E-state index contributed by atoms with van der Waals surface area (Å²) in [7, 11) is 1.67. The van der Waals surface area contributed by atoms with Crippen LogP contribution in [0.15, 0.2) is 0 Å². The van der Waals surface area contributed by atoms with Crippen molar-refractivity contribution in [2.24, 2.45) is 11.8 Å². The van der Waals surface area contributed by atoms with Gasteiger partial charge in [-0.3, -0.25) is 9.59 Å². The van der Waals surface area contributed by atoms with Gasteiger partial charge in [-0.15, -0.1) is 0 Å². The fraction of sp³-hybridized carbons (Fsp3) is 0.867. The van der Waals surface area contributed by atoms with Crippen molar-refractivity contribution in [3.05, 3.63) is 0 Å². The smallest absolute Gasteiger partial charge is 0.224 e. The number of nitrogens with one attached hydrogen (secondary N) is 2. The lowest BCUT2D eigenvalue weighted by molar-refractivity contribution is -0.135. The number of carbonyl (C=O) groups is 2. The minimum absolute atomic E-state index is 0.0171. The molecule has 2 saturated heterocycles. The summed E-state index contributed by atoms with van der Waals surface area (Å²) in [6.07, 6.45) is 5.87. The van der Waals surface area contributed by atoms with E-state index in [1.165, 1.54) is 12.8 Å². The first kappa shape index (κ1) is 15.3. The summed E-state index contributed by atoms with van der Waals surface area (Å²) in [5, 5.41) is 6.04. The minimum Gasteiger partial charge on any atom is -0.359 e. The number of hydrogen-bond acceptors (Lipinski definition) is 3. The molecule has 0 aromatic heterocycles. The van der Waals surface area contributed by atoms with Crippen LogP contribution < -0.4 is 10.6 Å². The first-order valence-corrected chi connectivity index (χ1v) is 7.90. The average molecular weight is 281 g/mol. The van der Waals surface area contributed by atoms with E-state index in [0.29, 0.717) is 18.9 Å². The molecule has 114 valence electrons. The van der Waals surface area contributed by atoms with Gasteiger partial charge < -0.3 is 15.5 Å². The number of piperidine rings is 2. The highest BCUT2D eigenvalue weighted by atomic mass is 16.2. The molecule has 2 amide bonds. The molecule has 0 aromatic carbocycles. The summed E-state index contributed by atoms with van der Waals surface area (Å²) >= 11 is 0. The maximum Gasteiger partial charge on any atom is 0.224 e. The molecule has 20 heavy (non-hydrogen) atoms. The van der Waals surface area contributed by atoms with Gasteiger partial charge in [0.1, 0.15) is 0 Å². The second kappa shape index (κ2) is 7.62. The quantitative estimate of drug-likeness (QED) is 0.799. The van der Waals surface area contributed by atoms with Crippen LogP contribution in [-0.4, -0.2) is 49.9 Å². The Morgan fingerprint density at radius 1 is 1.25 bits per heavy atom. The van der Waals surface area contributed by atoms with Crippen molar-refractivity contribution >= 4 is 11.8 Å². The van der Waals surface area contributed by atoms with Gasteiger partial charge in [0.25, 0.3) is 0 Å². The van der Waals surface area contributed by atoms with E-state index in [-0.39, 0.29) is 17.7 Å². The van der Waals surface area contributed by atoms with E-state index in [2.05, 4.69) is 10.6 Å². The van der Waals surface area contributed by atoms with Crippen molar-refractivity contribution in [2.45, 2.75) is 38.5 Å². The Hall–Kier alpha value is -1.10. The highest BCUT2D eigenvalue weighted by Gasteiger charge is 2.28. The van der Waals surface area contributed by atoms with E-state index in [1.54, 1.807) is 7.05 Å². The molecule has 0 aromatic rings. The van der Waals surface area contributed by atoms with E-state index < -0.39 is 0 Å². The number of amides is 2. The summed E-state index contributed by atoms with van der Waals surface area (Å²) < 4.78 is 0. The Kier molecular flexibility index (Phi) is 5.83. The van der Waals surface area contributed by atoms with Gasteiger partial charge in [0.2, 0.25) is 11.8 Å². The molecular formula is C15H27N3O2. The number of nitrogens with zero attached hydrogens (tertiary/aromatic N) is 1. The molecule has 2 aliphatic rings. The van der Waals surface area contributed by atoms with Crippen molar-refractivity contribution < 1.29 is 9.59 Å². The SMILES string of the molecule is CNC(=O)C1CCCN(C(=O)CCC2CCNCC2)C1. The molecule has 2 aliphatic heterocycles. The molecule has 0 radical (unpaired) electrons.